The number of nitrogens with zero attached hydrogens (tertiary/aromatic N) is 1. The lowest BCUT2D eigenvalue weighted by atomic mass is 10.0. The van der Waals surface area contributed by atoms with E-state index in [2.05, 4.69) is 26.1 Å². The molecule has 3 nitrogen and oxygen atoms in total. The number of benzene rings is 1. The van der Waals surface area contributed by atoms with Crippen LogP contribution in [0.2, 0.25) is 0 Å². The Morgan fingerprint density at radius 3 is 3.00 bits per heavy atom. The molecule has 0 aromatic heterocycles. The zero-order chi connectivity index (χ0) is 12.7. The molecule has 0 spiro atoms. The summed E-state index contributed by atoms with van der Waals surface area (Å²) in [5, 5.41) is 3.00. The molecule has 2 fully saturated rings. The first-order chi connectivity index (χ1) is 8.66. The van der Waals surface area contributed by atoms with Crippen LogP contribution in [0, 0.1) is 5.82 Å². The summed E-state index contributed by atoms with van der Waals surface area (Å²) in [5.74, 6) is -0.182. The van der Waals surface area contributed by atoms with Crippen molar-refractivity contribution in [2.75, 3.05) is 6.54 Å². The van der Waals surface area contributed by atoms with Gasteiger partial charge in [0.05, 0.1) is 10.5 Å². The molecule has 2 saturated heterocycles. The molecule has 2 aliphatic rings. The van der Waals surface area contributed by atoms with Crippen molar-refractivity contribution in [1.82, 2.24) is 10.2 Å². The zero-order valence-electron chi connectivity index (χ0n) is 9.83. The smallest absolute Gasteiger partial charge is 0.238 e. The predicted molar refractivity (Wildman–Crippen MR) is 69.3 cm³/mol. The summed E-state index contributed by atoms with van der Waals surface area (Å²) < 4.78 is 13.7. The molecule has 5 heteroatoms. The number of hydrogen-bond donors (Lipinski definition) is 1. The maximum atomic E-state index is 13.2. The number of amides is 1. The Kier molecular flexibility index (Phi) is 3.11. The van der Waals surface area contributed by atoms with Crippen LogP contribution in [0.25, 0.3) is 0 Å². The van der Waals surface area contributed by atoms with Crippen molar-refractivity contribution < 1.29 is 9.18 Å². The van der Waals surface area contributed by atoms with E-state index in [1.54, 1.807) is 12.1 Å². The molecule has 1 N–H and O–H groups in total. The lowest BCUT2D eigenvalue weighted by Gasteiger charge is -2.31. The predicted octanol–water partition coefficient (Wildman–Crippen LogP) is 2.57. The summed E-state index contributed by atoms with van der Waals surface area (Å²) in [6, 6.07) is 4.91. The average Bonchev–Trinajstić information content (AvgIpc) is 2.71. The fourth-order valence-corrected chi connectivity index (χ4v) is 3.21. The first-order valence-electron chi connectivity index (χ1n) is 6.18. The van der Waals surface area contributed by atoms with Gasteiger partial charge in [-0.25, -0.2) is 4.39 Å². The van der Waals surface area contributed by atoms with E-state index in [1.165, 1.54) is 6.07 Å². The summed E-state index contributed by atoms with van der Waals surface area (Å²) in [7, 11) is 0. The van der Waals surface area contributed by atoms with Gasteiger partial charge in [-0.15, -0.1) is 0 Å². The molecule has 0 saturated carbocycles. The van der Waals surface area contributed by atoms with E-state index in [0.717, 1.165) is 31.4 Å². The van der Waals surface area contributed by atoms with Crippen molar-refractivity contribution in [1.29, 1.82) is 0 Å². The second-order valence-corrected chi connectivity index (χ2v) is 5.69. The Morgan fingerprint density at radius 1 is 1.39 bits per heavy atom. The molecule has 0 bridgehead atoms. The largest absolute Gasteiger partial charge is 0.335 e. The molecule has 2 unspecified atom stereocenters. The van der Waals surface area contributed by atoms with E-state index in [-0.39, 0.29) is 23.9 Å². The van der Waals surface area contributed by atoms with Gasteiger partial charge in [0.15, 0.2) is 0 Å². The topological polar surface area (TPSA) is 32.3 Å². The lowest BCUT2D eigenvalue weighted by Crippen LogP contribution is -2.38. The molecule has 0 radical (unpaired) electrons. The molecule has 1 amide bonds. The second-order valence-electron chi connectivity index (χ2n) is 4.83. The molecule has 3 rings (SSSR count). The normalized spacial score (nSPS) is 28.0. The van der Waals surface area contributed by atoms with Crippen LogP contribution in [0.3, 0.4) is 0 Å². The second kappa shape index (κ2) is 4.63. The van der Waals surface area contributed by atoms with Crippen LogP contribution in [-0.2, 0) is 4.79 Å². The number of hydrogen-bond acceptors (Lipinski definition) is 2. The van der Waals surface area contributed by atoms with Crippen LogP contribution < -0.4 is 5.32 Å². The van der Waals surface area contributed by atoms with Crippen LogP contribution in [0.1, 0.15) is 31.0 Å². The monoisotopic (exact) mass is 312 g/mol. The van der Waals surface area contributed by atoms with Crippen LogP contribution in [-0.4, -0.2) is 23.4 Å². The summed E-state index contributed by atoms with van der Waals surface area (Å²) in [4.78, 5) is 14.1. The quantitative estimate of drug-likeness (QED) is 0.864. The molecule has 2 aliphatic heterocycles. The Bertz CT molecular complexity index is 494. The van der Waals surface area contributed by atoms with Gasteiger partial charge >= 0.3 is 0 Å². The zero-order valence-corrected chi connectivity index (χ0v) is 11.4. The molecule has 0 aliphatic carbocycles. The third kappa shape index (κ3) is 1.95. The minimum Gasteiger partial charge on any atom is -0.335 e. The Morgan fingerprint density at radius 2 is 2.22 bits per heavy atom. The number of rotatable bonds is 1. The molecule has 1 aromatic rings. The van der Waals surface area contributed by atoms with E-state index in [4.69, 9.17) is 0 Å². The standard InChI is InChI=1S/C13H14BrFN2O/c14-9-7-8(4-5-10(9)15)12-16-13(18)11-3-1-2-6-17(11)12/h4-5,7,11-12H,1-3,6H2,(H,16,18). The van der Waals surface area contributed by atoms with Gasteiger partial charge in [-0.3, -0.25) is 9.69 Å². The minimum atomic E-state index is -0.279. The average molecular weight is 313 g/mol. The lowest BCUT2D eigenvalue weighted by molar-refractivity contribution is -0.122. The fourth-order valence-electron chi connectivity index (χ4n) is 2.82. The third-order valence-corrected chi connectivity index (χ3v) is 4.32. The molecular formula is C13H14BrFN2O. The molecular weight excluding hydrogens is 299 g/mol. The van der Waals surface area contributed by atoms with Gasteiger partial charge in [-0.1, -0.05) is 12.5 Å². The van der Waals surface area contributed by atoms with E-state index < -0.39 is 0 Å². The van der Waals surface area contributed by atoms with Gasteiger partial charge in [0.1, 0.15) is 12.0 Å². The minimum absolute atomic E-state index is 0.00687. The van der Waals surface area contributed by atoms with Crippen molar-refractivity contribution in [3.63, 3.8) is 0 Å². The highest BCUT2D eigenvalue weighted by atomic mass is 79.9. The maximum absolute atomic E-state index is 13.2. The van der Waals surface area contributed by atoms with E-state index in [9.17, 15) is 9.18 Å². The summed E-state index contributed by atoms with van der Waals surface area (Å²) >= 11 is 3.19. The van der Waals surface area contributed by atoms with Crippen LogP contribution in [0.15, 0.2) is 22.7 Å². The first kappa shape index (κ1) is 12.1. The fraction of sp³-hybridized carbons (Fsp3) is 0.462. The highest BCUT2D eigenvalue weighted by Gasteiger charge is 2.41. The molecule has 2 atom stereocenters. The SMILES string of the molecule is O=C1NC(c2ccc(F)c(Br)c2)N2CCCCC12. The summed E-state index contributed by atoms with van der Waals surface area (Å²) in [5.41, 5.74) is 0.932. The Labute approximate surface area is 113 Å². The number of carbonyl (C=O) groups excluding carboxylic acids is 1. The highest BCUT2D eigenvalue weighted by Crippen LogP contribution is 2.33. The number of fused-ring (bicyclic) bond motifs is 1. The third-order valence-electron chi connectivity index (χ3n) is 3.72. The van der Waals surface area contributed by atoms with Gasteiger partial charge in [0.25, 0.3) is 0 Å². The van der Waals surface area contributed by atoms with Crippen molar-refractivity contribution in [3.05, 3.63) is 34.1 Å². The number of carbonyl (C=O) groups is 1. The Hall–Kier alpha value is -0.940. The van der Waals surface area contributed by atoms with Crippen LogP contribution in [0.4, 0.5) is 4.39 Å². The molecule has 18 heavy (non-hydrogen) atoms. The van der Waals surface area contributed by atoms with Gasteiger partial charge in [0, 0.05) is 6.54 Å². The summed E-state index contributed by atoms with van der Waals surface area (Å²) in [6.45, 7) is 0.920. The number of halogens is 2. The molecule has 1 aromatic carbocycles. The van der Waals surface area contributed by atoms with Crippen molar-refractivity contribution in [2.45, 2.75) is 31.5 Å². The van der Waals surface area contributed by atoms with Gasteiger partial charge in [-0.2, -0.15) is 0 Å². The van der Waals surface area contributed by atoms with Crippen LogP contribution >= 0.6 is 15.9 Å². The van der Waals surface area contributed by atoms with E-state index in [1.807, 2.05) is 0 Å². The van der Waals surface area contributed by atoms with Crippen LogP contribution in [0.5, 0.6) is 0 Å². The number of piperidine rings is 1. The molecule has 96 valence electrons. The van der Waals surface area contributed by atoms with Crippen molar-refractivity contribution in [3.8, 4) is 0 Å². The van der Waals surface area contributed by atoms with Gasteiger partial charge in [0.2, 0.25) is 5.91 Å². The number of nitrogens with one attached hydrogen (secondary N) is 1. The van der Waals surface area contributed by atoms with E-state index in [0.29, 0.717) is 4.47 Å². The highest BCUT2D eigenvalue weighted by molar-refractivity contribution is 9.10. The van der Waals surface area contributed by atoms with E-state index >= 15 is 0 Å². The van der Waals surface area contributed by atoms with Crippen molar-refractivity contribution in [2.24, 2.45) is 0 Å². The van der Waals surface area contributed by atoms with Gasteiger partial charge < -0.3 is 5.32 Å². The first-order valence-corrected chi connectivity index (χ1v) is 6.97. The van der Waals surface area contributed by atoms with Crippen molar-refractivity contribution >= 4 is 21.8 Å². The Balaban J connectivity index is 1.91. The van der Waals surface area contributed by atoms with Gasteiger partial charge in [-0.05, 0) is 46.5 Å². The summed E-state index contributed by atoms with van der Waals surface area (Å²) in [6.07, 6.45) is 3.03. The maximum Gasteiger partial charge on any atom is 0.238 e. The molecule has 2 heterocycles.